The van der Waals surface area contributed by atoms with Crippen LogP contribution in [0.5, 0.6) is 0 Å². The molecule has 8 heteroatoms. The molecular weight excluding hydrogens is 412 g/mol. The Morgan fingerprint density at radius 2 is 1.66 bits per heavy atom. The van der Waals surface area contributed by atoms with E-state index in [9.17, 15) is 9.59 Å². The maximum absolute atomic E-state index is 9.55. The zero-order valence-corrected chi connectivity index (χ0v) is 17.8. The molecule has 1 heterocycles. The Morgan fingerprint density at radius 3 is 2.28 bits per heavy atom. The van der Waals surface area contributed by atoms with Gasteiger partial charge in [0.1, 0.15) is 0 Å². The van der Waals surface area contributed by atoms with Crippen molar-refractivity contribution in [2.24, 2.45) is 0 Å². The Morgan fingerprint density at radius 1 is 1.03 bits per heavy atom. The number of carboxylic acid groups (broad SMARTS) is 2. The van der Waals surface area contributed by atoms with Crippen LogP contribution in [0.4, 0.5) is 11.4 Å². The third-order valence-corrected chi connectivity index (χ3v) is 5.31. The fourth-order valence-corrected chi connectivity index (χ4v) is 3.97. The van der Waals surface area contributed by atoms with Crippen LogP contribution in [0.25, 0.3) is 0 Å². The van der Waals surface area contributed by atoms with Gasteiger partial charge in [0.25, 0.3) is 0 Å². The molecule has 0 fully saturated rings. The number of aliphatic carboxylic acids is 2. The lowest BCUT2D eigenvalue weighted by atomic mass is 10.2. The predicted octanol–water partition coefficient (Wildman–Crippen LogP) is 4.61. The highest BCUT2D eigenvalue weighted by Gasteiger charge is 2.22. The number of carbonyl (C=O) groups is 2. The van der Waals surface area contributed by atoms with Crippen LogP contribution in [-0.4, -0.2) is 54.2 Å². The number of anilines is 2. The summed E-state index contributed by atoms with van der Waals surface area (Å²) in [5.74, 6) is -2.51. The third kappa shape index (κ3) is 7.12. The Hall–Kier alpha value is -2.48. The van der Waals surface area contributed by atoms with Crippen LogP contribution >= 0.6 is 23.4 Å². The Labute approximate surface area is 179 Å². The highest BCUT2D eigenvalue weighted by molar-refractivity contribution is 7.99. The molecule has 0 unspecified atom stereocenters. The van der Waals surface area contributed by atoms with E-state index in [0.29, 0.717) is 12.2 Å². The van der Waals surface area contributed by atoms with Gasteiger partial charge in [0.05, 0.1) is 11.4 Å². The van der Waals surface area contributed by atoms with Crippen molar-refractivity contribution < 1.29 is 19.8 Å². The summed E-state index contributed by atoms with van der Waals surface area (Å²) in [6, 6.07) is 14.8. The van der Waals surface area contributed by atoms with E-state index >= 15 is 0 Å². The van der Waals surface area contributed by atoms with E-state index in [4.69, 9.17) is 21.8 Å². The number of halogens is 1. The van der Waals surface area contributed by atoms with Crippen molar-refractivity contribution >= 4 is 46.7 Å². The summed E-state index contributed by atoms with van der Waals surface area (Å²) in [6.45, 7) is 2.09. The summed E-state index contributed by atoms with van der Waals surface area (Å²) in [4.78, 5) is 26.3. The predicted molar refractivity (Wildman–Crippen MR) is 117 cm³/mol. The van der Waals surface area contributed by atoms with Crippen molar-refractivity contribution in [3.8, 4) is 0 Å². The van der Waals surface area contributed by atoms with E-state index in [1.165, 1.54) is 21.2 Å². The van der Waals surface area contributed by atoms with Crippen molar-refractivity contribution in [3.05, 3.63) is 59.6 Å². The quantitative estimate of drug-likeness (QED) is 0.642. The smallest absolute Gasteiger partial charge is 0.328 e. The summed E-state index contributed by atoms with van der Waals surface area (Å²) >= 11 is 8.03. The van der Waals surface area contributed by atoms with Crippen LogP contribution in [0, 0.1) is 0 Å². The third-order valence-electron chi connectivity index (χ3n) is 3.94. The molecule has 0 spiro atoms. The summed E-state index contributed by atoms with van der Waals surface area (Å²) in [5.41, 5.74) is 2.51. The van der Waals surface area contributed by atoms with Crippen LogP contribution in [-0.2, 0) is 9.59 Å². The van der Waals surface area contributed by atoms with E-state index in [0.717, 1.165) is 24.5 Å². The largest absolute Gasteiger partial charge is 0.478 e. The standard InChI is InChI=1S/C17H19ClN2S.C4H4O4/c1-19(2)10-5-11-20-14-6-3-4-7-16(14)21-17-9-8-13(18)12-15(17)20;5-3(6)1-2-4(7)8/h3-4,6-9,12H,5,10-11H2,1-2H3;1-2H,(H,5,6)(H,7,8). The van der Waals surface area contributed by atoms with Crippen molar-refractivity contribution in [1.29, 1.82) is 0 Å². The van der Waals surface area contributed by atoms with Gasteiger partial charge in [0, 0.05) is 33.5 Å². The summed E-state index contributed by atoms with van der Waals surface area (Å²) in [6.07, 6.45) is 2.24. The molecule has 0 saturated heterocycles. The van der Waals surface area contributed by atoms with E-state index < -0.39 is 11.9 Å². The van der Waals surface area contributed by atoms with Gasteiger partial charge in [-0.05, 0) is 57.4 Å². The molecular formula is C21H23ClN2O4S. The molecule has 0 aliphatic carbocycles. The highest BCUT2D eigenvalue weighted by Crippen LogP contribution is 2.48. The Balaban J connectivity index is 0.000000321. The molecule has 2 N–H and O–H groups in total. The molecule has 1 aliphatic rings. The van der Waals surface area contributed by atoms with Gasteiger partial charge >= 0.3 is 11.9 Å². The molecule has 0 atom stereocenters. The van der Waals surface area contributed by atoms with Gasteiger partial charge in [-0.15, -0.1) is 0 Å². The number of hydrogen-bond acceptors (Lipinski definition) is 5. The molecule has 2 aromatic carbocycles. The van der Waals surface area contributed by atoms with Crippen LogP contribution < -0.4 is 4.90 Å². The minimum absolute atomic E-state index is 0.558. The molecule has 0 radical (unpaired) electrons. The Bertz CT molecular complexity index is 886. The van der Waals surface area contributed by atoms with Crippen LogP contribution in [0.3, 0.4) is 0 Å². The number of rotatable bonds is 6. The first-order valence-corrected chi connectivity index (χ1v) is 10.1. The summed E-state index contributed by atoms with van der Waals surface area (Å²) in [5, 5.41) is 16.4. The molecule has 29 heavy (non-hydrogen) atoms. The van der Waals surface area contributed by atoms with Gasteiger partial charge in [0.15, 0.2) is 0 Å². The highest BCUT2D eigenvalue weighted by atomic mass is 35.5. The van der Waals surface area contributed by atoms with Crippen molar-refractivity contribution in [1.82, 2.24) is 4.90 Å². The van der Waals surface area contributed by atoms with Gasteiger partial charge in [-0.2, -0.15) is 0 Å². The zero-order valence-electron chi connectivity index (χ0n) is 16.2. The molecule has 1 aliphatic heterocycles. The molecule has 3 rings (SSSR count). The van der Waals surface area contributed by atoms with Gasteiger partial charge in [0.2, 0.25) is 0 Å². The first-order valence-electron chi connectivity index (χ1n) is 8.90. The maximum atomic E-state index is 9.55. The van der Waals surface area contributed by atoms with Gasteiger partial charge < -0.3 is 20.0 Å². The number of carboxylic acids is 2. The average molecular weight is 435 g/mol. The SMILES string of the molecule is CN(C)CCCN1c2ccccc2Sc2ccc(Cl)cc21.O=C(O)C=CC(=O)O. The van der Waals surface area contributed by atoms with Crippen molar-refractivity contribution in [2.45, 2.75) is 16.2 Å². The monoisotopic (exact) mass is 434 g/mol. The molecule has 0 aromatic heterocycles. The lowest BCUT2D eigenvalue weighted by Gasteiger charge is -2.33. The van der Waals surface area contributed by atoms with Crippen molar-refractivity contribution in [2.75, 3.05) is 32.1 Å². The second-order valence-electron chi connectivity index (χ2n) is 6.50. The van der Waals surface area contributed by atoms with Crippen LogP contribution in [0.2, 0.25) is 5.02 Å². The topological polar surface area (TPSA) is 81.1 Å². The minimum Gasteiger partial charge on any atom is -0.478 e. The molecule has 6 nitrogen and oxygen atoms in total. The van der Waals surface area contributed by atoms with Gasteiger partial charge in [-0.25, -0.2) is 9.59 Å². The number of hydrogen-bond donors (Lipinski definition) is 2. The van der Waals surface area contributed by atoms with Crippen molar-refractivity contribution in [3.63, 3.8) is 0 Å². The minimum atomic E-state index is -1.26. The van der Waals surface area contributed by atoms with E-state index in [1.807, 2.05) is 17.8 Å². The second-order valence-corrected chi connectivity index (χ2v) is 8.02. The van der Waals surface area contributed by atoms with Gasteiger partial charge in [-0.1, -0.05) is 35.5 Å². The molecule has 0 saturated carbocycles. The zero-order chi connectivity index (χ0) is 21.4. The summed E-state index contributed by atoms with van der Waals surface area (Å²) in [7, 11) is 4.23. The molecule has 0 amide bonds. The number of para-hydroxylation sites is 1. The fourth-order valence-electron chi connectivity index (χ4n) is 2.73. The maximum Gasteiger partial charge on any atom is 0.328 e. The molecule has 0 bridgehead atoms. The van der Waals surface area contributed by atoms with E-state index in [1.54, 1.807) is 0 Å². The molecule has 154 valence electrons. The number of nitrogens with zero attached hydrogens (tertiary/aromatic N) is 2. The van der Waals surface area contributed by atoms with Crippen LogP contribution in [0.1, 0.15) is 6.42 Å². The average Bonchev–Trinajstić information content (AvgIpc) is 2.66. The lowest BCUT2D eigenvalue weighted by Crippen LogP contribution is -2.25. The fraction of sp³-hybridized carbons (Fsp3) is 0.238. The first kappa shape index (κ1) is 22.8. The summed E-state index contributed by atoms with van der Waals surface area (Å²) < 4.78 is 0. The Kier molecular flexibility index (Phi) is 8.57. The molecule has 2 aromatic rings. The lowest BCUT2D eigenvalue weighted by molar-refractivity contribution is -0.134. The normalized spacial score (nSPS) is 12.2. The number of benzene rings is 2. The number of fused-ring (bicyclic) bond motifs is 2. The van der Waals surface area contributed by atoms with Crippen LogP contribution in [0.15, 0.2) is 64.4 Å². The van der Waals surface area contributed by atoms with E-state index in [2.05, 4.69) is 60.3 Å². The van der Waals surface area contributed by atoms with Gasteiger partial charge in [-0.3, -0.25) is 0 Å². The first-order chi connectivity index (χ1) is 13.8. The second kappa shape index (κ2) is 10.9. The van der Waals surface area contributed by atoms with E-state index in [-0.39, 0.29) is 0 Å².